The van der Waals surface area contributed by atoms with Gasteiger partial charge in [0.25, 0.3) is 5.91 Å². The molecule has 1 aliphatic rings. The Morgan fingerprint density at radius 3 is 2.93 bits per heavy atom. The highest BCUT2D eigenvalue weighted by Gasteiger charge is 2.47. The summed E-state index contributed by atoms with van der Waals surface area (Å²) in [5.41, 5.74) is 3.27. The minimum atomic E-state index is -1.16. The smallest absolute Gasteiger partial charge is 0.252 e. The summed E-state index contributed by atoms with van der Waals surface area (Å²) in [5, 5.41) is 16.6. The van der Waals surface area contributed by atoms with Crippen LogP contribution in [0.1, 0.15) is 18.4 Å². The van der Waals surface area contributed by atoms with Crippen LogP contribution in [-0.2, 0) is 18.4 Å². The zero-order valence-electron chi connectivity index (χ0n) is 16.1. The van der Waals surface area contributed by atoms with Crippen molar-refractivity contribution in [1.82, 2.24) is 24.8 Å². The second-order valence-corrected chi connectivity index (χ2v) is 8.35. The van der Waals surface area contributed by atoms with Gasteiger partial charge in [-0.25, -0.2) is 15.0 Å². The fourth-order valence-electron chi connectivity index (χ4n) is 3.38. The number of nitrogens with zero attached hydrogens (tertiary/aromatic N) is 4. The third-order valence-electron chi connectivity index (χ3n) is 5.21. The second kappa shape index (κ2) is 6.50. The van der Waals surface area contributed by atoms with Gasteiger partial charge in [-0.05, 0) is 24.5 Å². The van der Waals surface area contributed by atoms with Gasteiger partial charge in [-0.1, -0.05) is 18.2 Å². The highest BCUT2D eigenvalue weighted by molar-refractivity contribution is 7.22. The van der Waals surface area contributed by atoms with Crippen molar-refractivity contribution >= 4 is 44.4 Å². The van der Waals surface area contributed by atoms with E-state index in [9.17, 15) is 9.90 Å². The Labute approximate surface area is 170 Å². The first-order valence-electron chi connectivity index (χ1n) is 9.38. The number of anilines is 1. The van der Waals surface area contributed by atoms with Gasteiger partial charge in [0, 0.05) is 26.2 Å². The predicted octanol–water partition coefficient (Wildman–Crippen LogP) is 2.43. The Kier molecular flexibility index (Phi) is 4.04. The number of amides is 1. The molecule has 0 bridgehead atoms. The number of aryl methyl sites for hydroxylation is 1. The van der Waals surface area contributed by atoms with E-state index in [0.717, 1.165) is 31.9 Å². The number of carbonyl (C=O) groups excluding carboxylic acids is 1. The molecule has 0 unspecified atom stereocenters. The lowest BCUT2D eigenvalue weighted by molar-refractivity contribution is -0.131. The van der Waals surface area contributed by atoms with E-state index in [2.05, 4.69) is 20.6 Å². The summed E-state index contributed by atoms with van der Waals surface area (Å²) in [4.78, 5) is 25.8. The fourth-order valence-corrected chi connectivity index (χ4v) is 4.47. The summed E-state index contributed by atoms with van der Waals surface area (Å²) in [6.45, 7) is 0.369. The van der Waals surface area contributed by atoms with Crippen LogP contribution in [0.3, 0.4) is 0 Å². The van der Waals surface area contributed by atoms with E-state index in [1.54, 1.807) is 17.7 Å². The summed E-state index contributed by atoms with van der Waals surface area (Å²) >= 11 is 1.58. The van der Waals surface area contributed by atoms with Gasteiger partial charge in [0.2, 0.25) is 0 Å². The number of benzene rings is 1. The first-order valence-corrected chi connectivity index (χ1v) is 10.2. The summed E-state index contributed by atoms with van der Waals surface area (Å²) in [6, 6.07) is 7.90. The number of pyridine rings is 1. The number of thiazole rings is 1. The third kappa shape index (κ3) is 3.02. The number of hydrogen-bond donors (Lipinski definition) is 3. The van der Waals surface area contributed by atoms with Crippen molar-refractivity contribution in [3.05, 3.63) is 36.2 Å². The van der Waals surface area contributed by atoms with Crippen LogP contribution in [0, 0.1) is 0 Å². The Hall–Kier alpha value is -3.04. The molecule has 8 nitrogen and oxygen atoms in total. The highest BCUT2D eigenvalue weighted by Crippen LogP contribution is 2.37. The van der Waals surface area contributed by atoms with Crippen molar-refractivity contribution in [2.75, 3.05) is 12.4 Å². The molecule has 29 heavy (non-hydrogen) atoms. The molecule has 0 spiro atoms. The summed E-state index contributed by atoms with van der Waals surface area (Å²) in [6.07, 6.45) is 2.85. The standard InChI is InChI=1S/C20H20N6O2S/c1-21-16-13-14(26(2)10-23-13)15-17(24-16)25-18(29-15)12-5-3-4-11(8-12)9-22-19(27)20(28)6-7-20/h3-5,8,10,28H,6-7,9H2,1-2H3,(H,21,24)(H,22,27). The zero-order valence-corrected chi connectivity index (χ0v) is 16.9. The first kappa shape index (κ1) is 18.0. The van der Waals surface area contributed by atoms with Crippen molar-refractivity contribution < 1.29 is 9.90 Å². The van der Waals surface area contributed by atoms with Gasteiger partial charge in [-0.2, -0.15) is 0 Å². The third-order valence-corrected chi connectivity index (χ3v) is 6.31. The molecule has 1 amide bonds. The van der Waals surface area contributed by atoms with E-state index in [0.29, 0.717) is 30.9 Å². The van der Waals surface area contributed by atoms with Crippen molar-refractivity contribution in [2.24, 2.45) is 7.05 Å². The molecule has 3 N–H and O–H groups in total. The Balaban J connectivity index is 1.50. The number of imidazole rings is 1. The molecule has 0 aliphatic heterocycles. The van der Waals surface area contributed by atoms with Crippen LogP contribution >= 0.6 is 11.3 Å². The fraction of sp³-hybridized carbons (Fsp3) is 0.300. The molecule has 148 valence electrons. The van der Waals surface area contributed by atoms with Gasteiger partial charge in [0.05, 0.1) is 11.8 Å². The molecule has 3 aromatic heterocycles. The lowest BCUT2D eigenvalue weighted by atomic mass is 10.1. The van der Waals surface area contributed by atoms with Crippen LogP contribution in [-0.4, -0.2) is 43.2 Å². The van der Waals surface area contributed by atoms with Gasteiger partial charge in [-0.15, -0.1) is 11.3 Å². The first-order chi connectivity index (χ1) is 14.0. The Morgan fingerprint density at radius 2 is 2.17 bits per heavy atom. The number of hydrogen-bond acceptors (Lipinski definition) is 7. The van der Waals surface area contributed by atoms with Crippen molar-refractivity contribution in [2.45, 2.75) is 25.0 Å². The molecule has 1 aliphatic carbocycles. The van der Waals surface area contributed by atoms with Crippen molar-refractivity contribution in [3.63, 3.8) is 0 Å². The summed E-state index contributed by atoms with van der Waals surface area (Å²) < 4.78 is 2.97. The molecule has 4 aromatic rings. The van der Waals surface area contributed by atoms with Crippen LogP contribution in [0.5, 0.6) is 0 Å². The van der Waals surface area contributed by atoms with Gasteiger partial charge < -0.3 is 20.3 Å². The predicted molar refractivity (Wildman–Crippen MR) is 113 cm³/mol. The number of fused-ring (bicyclic) bond motifs is 3. The minimum Gasteiger partial charge on any atom is -0.380 e. The van der Waals surface area contributed by atoms with Crippen LogP contribution in [0.25, 0.3) is 32.0 Å². The maximum Gasteiger partial charge on any atom is 0.252 e. The lowest BCUT2D eigenvalue weighted by Crippen LogP contribution is -2.35. The molecule has 0 saturated heterocycles. The largest absolute Gasteiger partial charge is 0.380 e. The van der Waals surface area contributed by atoms with Gasteiger partial charge in [0.15, 0.2) is 11.5 Å². The van der Waals surface area contributed by atoms with E-state index in [1.165, 1.54) is 0 Å². The van der Waals surface area contributed by atoms with Crippen LogP contribution in [0.4, 0.5) is 5.82 Å². The molecule has 9 heteroatoms. The minimum absolute atomic E-state index is 0.301. The van der Waals surface area contributed by atoms with E-state index < -0.39 is 5.60 Å². The number of rotatable bonds is 5. The van der Waals surface area contributed by atoms with E-state index in [-0.39, 0.29) is 5.91 Å². The molecular formula is C20H20N6O2S. The van der Waals surface area contributed by atoms with E-state index in [4.69, 9.17) is 4.98 Å². The number of nitrogens with one attached hydrogen (secondary N) is 2. The van der Waals surface area contributed by atoms with Gasteiger partial charge in [-0.3, -0.25) is 4.79 Å². The van der Waals surface area contributed by atoms with Crippen molar-refractivity contribution in [3.8, 4) is 10.6 Å². The molecule has 1 aromatic carbocycles. The zero-order chi connectivity index (χ0) is 20.2. The second-order valence-electron chi connectivity index (χ2n) is 7.35. The summed E-state index contributed by atoms with van der Waals surface area (Å²) in [5.74, 6) is 0.407. The van der Waals surface area contributed by atoms with Gasteiger partial charge in [0.1, 0.15) is 20.8 Å². The maximum absolute atomic E-state index is 12.0. The number of aliphatic hydroxyl groups is 1. The molecule has 3 heterocycles. The van der Waals surface area contributed by atoms with E-state index >= 15 is 0 Å². The molecule has 5 rings (SSSR count). The van der Waals surface area contributed by atoms with Crippen LogP contribution in [0.15, 0.2) is 30.6 Å². The Bertz CT molecular complexity index is 1260. The van der Waals surface area contributed by atoms with Crippen LogP contribution < -0.4 is 10.6 Å². The highest BCUT2D eigenvalue weighted by atomic mass is 32.1. The van der Waals surface area contributed by atoms with E-state index in [1.807, 2.05) is 42.9 Å². The van der Waals surface area contributed by atoms with Gasteiger partial charge >= 0.3 is 0 Å². The average Bonchev–Trinajstić information content (AvgIpc) is 3.17. The molecule has 1 fully saturated rings. The van der Waals surface area contributed by atoms with Crippen LogP contribution in [0.2, 0.25) is 0 Å². The maximum atomic E-state index is 12.0. The summed E-state index contributed by atoms with van der Waals surface area (Å²) in [7, 11) is 3.79. The lowest BCUT2D eigenvalue weighted by Gasteiger charge is -2.09. The number of aromatic nitrogens is 4. The molecule has 0 atom stereocenters. The normalized spacial score (nSPS) is 15.0. The quantitative estimate of drug-likeness (QED) is 0.468. The molecule has 0 radical (unpaired) electrons. The monoisotopic (exact) mass is 408 g/mol. The average molecular weight is 408 g/mol. The van der Waals surface area contributed by atoms with Crippen molar-refractivity contribution in [1.29, 1.82) is 0 Å². The number of carbonyl (C=O) groups is 1. The Morgan fingerprint density at radius 1 is 1.34 bits per heavy atom. The SMILES string of the molecule is CNc1nc2nc(-c3cccc(CNC(=O)C4(O)CC4)c3)sc2c2c1ncn2C. The topological polar surface area (TPSA) is 105 Å². The molecule has 1 saturated carbocycles. The molecular weight excluding hydrogens is 388 g/mol.